The fraction of sp³-hybridized carbons (Fsp3) is 0.545. The van der Waals surface area contributed by atoms with Crippen molar-refractivity contribution in [3.05, 3.63) is 35.9 Å². The van der Waals surface area contributed by atoms with Crippen molar-refractivity contribution in [3.63, 3.8) is 0 Å². The van der Waals surface area contributed by atoms with Gasteiger partial charge in [0.05, 0.1) is 25.3 Å². The summed E-state index contributed by atoms with van der Waals surface area (Å²) in [4.78, 5) is 14.1. The largest absolute Gasteiger partial charge is 0.379 e. The van der Waals surface area contributed by atoms with Gasteiger partial charge in [-0.25, -0.2) is 9.98 Å². The number of guanidine groups is 1. The van der Waals surface area contributed by atoms with Crippen LogP contribution in [0.3, 0.4) is 0 Å². The number of para-hydroxylation sites is 1. The summed E-state index contributed by atoms with van der Waals surface area (Å²) in [5.41, 5.74) is 2.18. The maximum absolute atomic E-state index is 5.46. The van der Waals surface area contributed by atoms with E-state index in [-0.39, 0.29) is 0 Å². The number of benzene rings is 1. The van der Waals surface area contributed by atoms with Gasteiger partial charge in [0, 0.05) is 51.7 Å². The average molecular weight is 399 g/mol. The quantitative estimate of drug-likeness (QED) is 0.550. The molecule has 0 bridgehead atoms. The summed E-state index contributed by atoms with van der Waals surface area (Å²) in [5.74, 6) is 1.80. The molecule has 0 spiro atoms. The van der Waals surface area contributed by atoms with Gasteiger partial charge in [-0.1, -0.05) is 18.2 Å². The fourth-order valence-corrected chi connectivity index (χ4v) is 3.49. The first-order valence-corrected chi connectivity index (χ1v) is 10.5. The second-order valence-electron chi connectivity index (χ2n) is 7.62. The van der Waals surface area contributed by atoms with Crippen LogP contribution in [0.5, 0.6) is 0 Å². The SMILES string of the molecule is CCNC(=NCc1cc(N(C)C)nc2ccccc12)NCC(C)N1CCOCC1. The summed E-state index contributed by atoms with van der Waals surface area (Å²) in [6, 6.07) is 10.8. The van der Waals surface area contributed by atoms with E-state index in [0.717, 1.165) is 62.1 Å². The van der Waals surface area contributed by atoms with Crippen LogP contribution >= 0.6 is 0 Å². The number of aliphatic imine (C=N–C) groups is 1. The smallest absolute Gasteiger partial charge is 0.191 e. The third-order valence-corrected chi connectivity index (χ3v) is 5.23. The number of anilines is 1. The monoisotopic (exact) mass is 398 g/mol. The molecule has 1 unspecified atom stereocenters. The zero-order valence-electron chi connectivity index (χ0n) is 18.1. The molecule has 1 aromatic carbocycles. The normalized spacial score (nSPS) is 16.6. The molecule has 1 saturated heterocycles. The molecule has 7 nitrogen and oxygen atoms in total. The van der Waals surface area contributed by atoms with E-state index in [1.807, 2.05) is 25.1 Å². The van der Waals surface area contributed by atoms with Gasteiger partial charge in [0.2, 0.25) is 0 Å². The molecule has 1 aromatic heterocycles. The first-order chi connectivity index (χ1) is 14.1. The molecule has 2 N–H and O–H groups in total. The Morgan fingerprint density at radius 3 is 2.72 bits per heavy atom. The third kappa shape index (κ3) is 5.81. The minimum atomic E-state index is 0.435. The highest BCUT2D eigenvalue weighted by molar-refractivity contribution is 5.85. The van der Waals surface area contributed by atoms with E-state index in [1.54, 1.807) is 0 Å². The molecule has 2 aromatic rings. The number of fused-ring (bicyclic) bond motifs is 1. The minimum Gasteiger partial charge on any atom is -0.379 e. The Bertz CT molecular complexity index is 816. The lowest BCUT2D eigenvalue weighted by Crippen LogP contribution is -2.49. The molecule has 7 heteroatoms. The number of morpholine rings is 1. The number of ether oxygens (including phenoxy) is 1. The van der Waals surface area contributed by atoms with Crippen molar-refractivity contribution in [1.82, 2.24) is 20.5 Å². The molecule has 1 atom stereocenters. The number of pyridine rings is 1. The van der Waals surface area contributed by atoms with Crippen LogP contribution in [-0.2, 0) is 11.3 Å². The predicted molar refractivity (Wildman–Crippen MR) is 121 cm³/mol. The lowest BCUT2D eigenvalue weighted by atomic mass is 10.1. The summed E-state index contributed by atoms with van der Waals surface area (Å²) in [6.07, 6.45) is 0. The molecule has 0 amide bonds. The van der Waals surface area contributed by atoms with Crippen LogP contribution in [0.1, 0.15) is 19.4 Å². The van der Waals surface area contributed by atoms with Crippen LogP contribution in [0.4, 0.5) is 5.82 Å². The van der Waals surface area contributed by atoms with E-state index in [9.17, 15) is 0 Å². The van der Waals surface area contributed by atoms with Crippen molar-refractivity contribution < 1.29 is 4.74 Å². The van der Waals surface area contributed by atoms with Gasteiger partial charge in [0.1, 0.15) is 5.82 Å². The van der Waals surface area contributed by atoms with Crippen LogP contribution in [0.25, 0.3) is 10.9 Å². The van der Waals surface area contributed by atoms with Gasteiger partial charge in [0.25, 0.3) is 0 Å². The molecule has 29 heavy (non-hydrogen) atoms. The second-order valence-corrected chi connectivity index (χ2v) is 7.62. The highest BCUT2D eigenvalue weighted by Crippen LogP contribution is 2.22. The van der Waals surface area contributed by atoms with E-state index in [4.69, 9.17) is 14.7 Å². The van der Waals surface area contributed by atoms with Crippen molar-refractivity contribution in [3.8, 4) is 0 Å². The van der Waals surface area contributed by atoms with Crippen molar-refractivity contribution in [2.24, 2.45) is 4.99 Å². The van der Waals surface area contributed by atoms with E-state index >= 15 is 0 Å². The summed E-state index contributed by atoms with van der Waals surface area (Å²) in [7, 11) is 4.03. The van der Waals surface area contributed by atoms with Crippen LogP contribution in [0.2, 0.25) is 0 Å². The van der Waals surface area contributed by atoms with Crippen molar-refractivity contribution in [2.75, 3.05) is 58.4 Å². The number of hydrogen-bond donors (Lipinski definition) is 2. The molecule has 0 saturated carbocycles. The van der Waals surface area contributed by atoms with Gasteiger partial charge >= 0.3 is 0 Å². The van der Waals surface area contributed by atoms with Gasteiger partial charge < -0.3 is 20.3 Å². The summed E-state index contributed by atoms with van der Waals surface area (Å²) in [6.45, 7) is 10.3. The van der Waals surface area contributed by atoms with Crippen molar-refractivity contribution >= 4 is 22.7 Å². The van der Waals surface area contributed by atoms with Gasteiger partial charge in [0.15, 0.2) is 5.96 Å². The Labute approximate surface area is 174 Å². The number of rotatable bonds is 7. The highest BCUT2D eigenvalue weighted by atomic mass is 16.5. The Morgan fingerprint density at radius 1 is 1.24 bits per heavy atom. The van der Waals surface area contributed by atoms with E-state index in [0.29, 0.717) is 12.6 Å². The van der Waals surface area contributed by atoms with Gasteiger partial charge in [-0.3, -0.25) is 4.90 Å². The Morgan fingerprint density at radius 2 is 2.00 bits per heavy atom. The summed E-state index contributed by atoms with van der Waals surface area (Å²) in [5, 5.41) is 8.02. The number of aromatic nitrogens is 1. The van der Waals surface area contributed by atoms with Gasteiger partial charge in [-0.05, 0) is 31.5 Å². The second kappa shape index (κ2) is 10.4. The molecule has 1 aliphatic heterocycles. The van der Waals surface area contributed by atoms with Crippen LogP contribution < -0.4 is 15.5 Å². The van der Waals surface area contributed by atoms with Gasteiger partial charge in [-0.15, -0.1) is 0 Å². The van der Waals surface area contributed by atoms with Crippen molar-refractivity contribution in [1.29, 1.82) is 0 Å². The number of nitrogens with one attached hydrogen (secondary N) is 2. The average Bonchev–Trinajstić information content (AvgIpc) is 2.75. The molecule has 1 fully saturated rings. The minimum absolute atomic E-state index is 0.435. The van der Waals surface area contributed by atoms with Crippen LogP contribution in [0, 0.1) is 0 Å². The highest BCUT2D eigenvalue weighted by Gasteiger charge is 2.17. The first-order valence-electron chi connectivity index (χ1n) is 10.5. The molecule has 0 aliphatic carbocycles. The molecule has 2 heterocycles. The number of hydrogen-bond acceptors (Lipinski definition) is 5. The lowest BCUT2D eigenvalue weighted by molar-refractivity contribution is 0.0211. The molecule has 158 valence electrons. The van der Waals surface area contributed by atoms with Crippen LogP contribution in [-0.4, -0.2) is 75.4 Å². The third-order valence-electron chi connectivity index (χ3n) is 5.23. The molecular formula is C22H34N6O. The van der Waals surface area contributed by atoms with E-state index in [1.165, 1.54) is 5.56 Å². The zero-order chi connectivity index (χ0) is 20.6. The Balaban J connectivity index is 1.72. The Hall–Kier alpha value is -2.38. The topological polar surface area (TPSA) is 65.0 Å². The number of nitrogens with zero attached hydrogens (tertiary/aromatic N) is 4. The summed E-state index contributed by atoms with van der Waals surface area (Å²) < 4.78 is 5.46. The van der Waals surface area contributed by atoms with E-state index < -0.39 is 0 Å². The molecular weight excluding hydrogens is 364 g/mol. The van der Waals surface area contributed by atoms with Gasteiger partial charge in [-0.2, -0.15) is 0 Å². The van der Waals surface area contributed by atoms with Crippen molar-refractivity contribution in [2.45, 2.75) is 26.4 Å². The fourth-order valence-electron chi connectivity index (χ4n) is 3.49. The molecule has 0 radical (unpaired) electrons. The maximum atomic E-state index is 5.46. The first kappa shape index (κ1) is 21.3. The lowest BCUT2D eigenvalue weighted by Gasteiger charge is -2.32. The van der Waals surface area contributed by atoms with Crippen LogP contribution in [0.15, 0.2) is 35.3 Å². The maximum Gasteiger partial charge on any atom is 0.191 e. The predicted octanol–water partition coefficient (Wildman–Crippen LogP) is 2.08. The standard InChI is InChI=1S/C22H34N6O/c1-5-23-22(24-15-17(2)28-10-12-29-13-11-28)25-16-18-14-21(27(3)4)26-20-9-7-6-8-19(18)20/h6-9,14,17H,5,10-13,15-16H2,1-4H3,(H2,23,24,25). The Kier molecular flexibility index (Phi) is 7.66. The summed E-state index contributed by atoms with van der Waals surface area (Å²) >= 11 is 0. The zero-order valence-corrected chi connectivity index (χ0v) is 18.1. The molecule has 3 rings (SSSR count). The molecule has 1 aliphatic rings. The van der Waals surface area contributed by atoms with E-state index in [2.05, 4.69) is 53.6 Å².